The number of likely N-dealkylation sites (N-methyl/N-ethyl adjacent to an activating group) is 1. The van der Waals surface area contributed by atoms with Crippen molar-refractivity contribution >= 4 is 19.6 Å². The summed E-state index contributed by atoms with van der Waals surface area (Å²) in [4.78, 5) is 44.4. The average molecular weight is 761 g/mol. The summed E-state index contributed by atoms with van der Waals surface area (Å²) in [5.41, 5.74) is 0. The molecule has 0 rings (SSSR count). The number of quaternary nitrogens is 1. The number of hydrogen-bond acceptors (Lipinski definition) is 4. The van der Waals surface area contributed by atoms with Crippen molar-refractivity contribution in [3.8, 4) is 0 Å². The van der Waals surface area contributed by atoms with E-state index in [0.717, 1.165) is 38.5 Å². The van der Waals surface area contributed by atoms with E-state index in [0.29, 0.717) is 30.4 Å². The number of rotatable bonds is 39. The van der Waals surface area contributed by atoms with E-state index < -0.39 is 7.82 Å². The fourth-order valence-electron chi connectivity index (χ4n) is 7.14. The molecule has 0 aliphatic heterocycles. The van der Waals surface area contributed by atoms with Gasteiger partial charge in [0.25, 0.3) is 0 Å². The van der Waals surface area contributed by atoms with E-state index in [1.165, 1.54) is 141 Å². The Morgan fingerprint density at radius 1 is 0.519 bits per heavy atom. The fourth-order valence-corrected chi connectivity index (χ4v) is 7.48. The van der Waals surface area contributed by atoms with Crippen LogP contribution in [0.2, 0.25) is 0 Å². The Bertz CT molecular complexity index is 830. The lowest BCUT2D eigenvalue weighted by molar-refractivity contribution is -0.900. The standard InChI is InChI=1S/C42H86N3O6P/c1-6-8-10-12-14-16-18-20-22-24-26-28-30-32-34-41(46)43-36-39(40(45(3,4)5)38-51-52(48,49)50)37-44-42(47)35-33-31-29-27-25-23-21-19-17-15-13-11-9-7-2/h39-40H,6-38H2,1-5H3,(H3-,43,44,46,47,48,49,50)/p+1. The summed E-state index contributed by atoms with van der Waals surface area (Å²) in [7, 11) is 1.15. The van der Waals surface area contributed by atoms with Gasteiger partial charge in [-0.2, -0.15) is 0 Å². The van der Waals surface area contributed by atoms with Crippen LogP contribution >= 0.6 is 7.82 Å². The van der Waals surface area contributed by atoms with Crippen LogP contribution in [0.15, 0.2) is 0 Å². The van der Waals surface area contributed by atoms with Gasteiger partial charge in [0.15, 0.2) is 0 Å². The molecular weight excluding hydrogens is 673 g/mol. The van der Waals surface area contributed by atoms with Gasteiger partial charge in [-0.05, 0) is 12.8 Å². The number of nitrogens with one attached hydrogen (secondary N) is 2. The van der Waals surface area contributed by atoms with Gasteiger partial charge in [0.05, 0.1) is 21.1 Å². The first-order chi connectivity index (χ1) is 24.9. The van der Waals surface area contributed by atoms with Gasteiger partial charge < -0.3 is 24.9 Å². The molecule has 0 saturated carbocycles. The Morgan fingerprint density at radius 3 is 1.04 bits per heavy atom. The van der Waals surface area contributed by atoms with Crippen molar-refractivity contribution in [2.45, 2.75) is 213 Å². The van der Waals surface area contributed by atoms with E-state index in [1.807, 2.05) is 21.1 Å². The van der Waals surface area contributed by atoms with Gasteiger partial charge in [-0.15, -0.1) is 0 Å². The summed E-state index contributed by atoms with van der Waals surface area (Å²) in [6, 6.07) is -0.352. The van der Waals surface area contributed by atoms with E-state index in [2.05, 4.69) is 24.5 Å². The first-order valence-corrected chi connectivity index (χ1v) is 23.5. The van der Waals surface area contributed by atoms with Crippen LogP contribution in [0.25, 0.3) is 0 Å². The maximum atomic E-state index is 12.8. The molecule has 4 N–H and O–H groups in total. The zero-order chi connectivity index (χ0) is 38.8. The van der Waals surface area contributed by atoms with E-state index in [1.54, 1.807) is 0 Å². The molecule has 0 aromatic carbocycles. The summed E-state index contributed by atoms with van der Waals surface area (Å²) in [5.74, 6) is -0.297. The predicted octanol–water partition coefficient (Wildman–Crippen LogP) is 10.8. The lowest BCUT2D eigenvalue weighted by Gasteiger charge is -2.39. The van der Waals surface area contributed by atoms with Crippen LogP contribution < -0.4 is 10.6 Å². The molecule has 52 heavy (non-hydrogen) atoms. The maximum absolute atomic E-state index is 12.8. The number of phosphoric acid groups is 1. The second kappa shape index (κ2) is 34.5. The molecule has 0 bridgehead atoms. The normalized spacial score (nSPS) is 12.8. The average Bonchev–Trinajstić information content (AvgIpc) is 3.08. The third-order valence-electron chi connectivity index (χ3n) is 10.6. The number of carbonyl (C=O) groups is 2. The molecule has 310 valence electrons. The van der Waals surface area contributed by atoms with Gasteiger partial charge in [0, 0.05) is 31.8 Å². The van der Waals surface area contributed by atoms with E-state index >= 15 is 0 Å². The monoisotopic (exact) mass is 761 g/mol. The van der Waals surface area contributed by atoms with Crippen LogP contribution in [-0.4, -0.2) is 73.0 Å². The van der Waals surface area contributed by atoms with E-state index in [-0.39, 0.29) is 30.4 Å². The molecule has 0 heterocycles. The Hall–Kier alpha value is -0.990. The molecule has 2 amide bonds. The first kappa shape index (κ1) is 51.0. The second-order valence-corrected chi connectivity index (χ2v) is 17.8. The number of unbranched alkanes of at least 4 members (excludes halogenated alkanes) is 26. The number of amides is 2. The number of carbonyl (C=O) groups excluding carboxylic acids is 2. The van der Waals surface area contributed by atoms with Gasteiger partial charge >= 0.3 is 7.82 Å². The summed E-state index contributed by atoms with van der Waals surface area (Å²) in [5, 5.41) is 6.10. The number of nitrogens with zero attached hydrogens (tertiary/aromatic N) is 1. The van der Waals surface area contributed by atoms with Crippen molar-refractivity contribution in [2.75, 3.05) is 40.8 Å². The van der Waals surface area contributed by atoms with E-state index in [4.69, 9.17) is 4.52 Å². The molecule has 0 saturated heterocycles. The van der Waals surface area contributed by atoms with Gasteiger partial charge in [-0.3, -0.25) is 14.1 Å². The molecule has 0 aliphatic rings. The maximum Gasteiger partial charge on any atom is 0.469 e. The minimum absolute atomic E-state index is 0.0197. The quantitative estimate of drug-likeness (QED) is 0.0281. The summed E-state index contributed by atoms with van der Waals surface area (Å²) >= 11 is 0. The van der Waals surface area contributed by atoms with Crippen molar-refractivity contribution < 1.29 is 32.9 Å². The van der Waals surface area contributed by atoms with Gasteiger partial charge in [-0.1, -0.05) is 181 Å². The van der Waals surface area contributed by atoms with Crippen molar-refractivity contribution in [2.24, 2.45) is 5.92 Å². The minimum atomic E-state index is -4.67. The molecular formula is C42H87N3O6P+. The molecule has 0 aromatic heterocycles. The summed E-state index contributed by atoms with van der Waals surface area (Å²) in [6.07, 6.45) is 36.5. The molecule has 0 aromatic rings. The SMILES string of the molecule is CCCCCCCCCCCCCCCCC(=O)NCC(CNC(=O)CCCCCCCCCCCCCCCC)C(COP(=O)(O)O)[N+](C)(C)C. The zero-order valence-electron chi connectivity index (χ0n) is 34.9. The van der Waals surface area contributed by atoms with Crippen LogP contribution in [0.1, 0.15) is 206 Å². The Labute approximate surface area is 321 Å². The van der Waals surface area contributed by atoms with Crippen LogP contribution in [0.4, 0.5) is 0 Å². The topological polar surface area (TPSA) is 125 Å². The van der Waals surface area contributed by atoms with Crippen molar-refractivity contribution in [1.29, 1.82) is 0 Å². The van der Waals surface area contributed by atoms with Gasteiger partial charge in [0.2, 0.25) is 11.8 Å². The Balaban J connectivity index is 4.43. The van der Waals surface area contributed by atoms with Crippen LogP contribution in [-0.2, 0) is 18.7 Å². The molecule has 0 spiro atoms. The largest absolute Gasteiger partial charge is 0.469 e. The van der Waals surface area contributed by atoms with Crippen molar-refractivity contribution in [3.05, 3.63) is 0 Å². The number of phosphoric ester groups is 1. The van der Waals surface area contributed by atoms with Crippen molar-refractivity contribution in [1.82, 2.24) is 10.6 Å². The molecule has 0 fully saturated rings. The molecule has 0 aliphatic carbocycles. The third-order valence-corrected chi connectivity index (χ3v) is 11.1. The second-order valence-electron chi connectivity index (χ2n) is 16.5. The van der Waals surface area contributed by atoms with Crippen LogP contribution in [0, 0.1) is 5.92 Å². The van der Waals surface area contributed by atoms with Gasteiger partial charge in [0.1, 0.15) is 12.6 Å². The Kier molecular flexibility index (Phi) is 33.8. The highest BCUT2D eigenvalue weighted by Gasteiger charge is 2.35. The minimum Gasteiger partial charge on any atom is -0.356 e. The first-order valence-electron chi connectivity index (χ1n) is 21.9. The highest BCUT2D eigenvalue weighted by Crippen LogP contribution is 2.37. The molecule has 9 nitrogen and oxygen atoms in total. The highest BCUT2D eigenvalue weighted by molar-refractivity contribution is 7.46. The van der Waals surface area contributed by atoms with Gasteiger partial charge in [-0.25, -0.2) is 4.57 Å². The smallest absolute Gasteiger partial charge is 0.356 e. The molecule has 1 unspecified atom stereocenters. The van der Waals surface area contributed by atoms with Crippen molar-refractivity contribution in [3.63, 3.8) is 0 Å². The molecule has 10 heteroatoms. The summed E-state index contributed by atoms with van der Waals surface area (Å²) in [6.45, 7) is 4.96. The molecule has 0 radical (unpaired) electrons. The fraction of sp³-hybridized carbons (Fsp3) is 0.952. The predicted molar refractivity (Wildman–Crippen MR) is 219 cm³/mol. The van der Waals surface area contributed by atoms with Crippen LogP contribution in [0.5, 0.6) is 0 Å². The Morgan fingerprint density at radius 2 is 0.788 bits per heavy atom. The lowest BCUT2D eigenvalue weighted by atomic mass is 9.97. The van der Waals surface area contributed by atoms with E-state index in [9.17, 15) is 23.9 Å². The number of hydrogen-bond donors (Lipinski definition) is 4. The summed E-state index contributed by atoms with van der Waals surface area (Å²) < 4.78 is 16.9. The highest BCUT2D eigenvalue weighted by atomic mass is 31.2. The zero-order valence-corrected chi connectivity index (χ0v) is 35.8. The lowest BCUT2D eigenvalue weighted by Crippen LogP contribution is -2.56. The molecule has 1 atom stereocenters. The van der Waals surface area contributed by atoms with Crippen LogP contribution in [0.3, 0.4) is 0 Å². The third kappa shape index (κ3) is 34.8.